The number of pyridine rings is 1. The minimum absolute atomic E-state index is 0.00625. The van der Waals surface area contributed by atoms with Crippen molar-refractivity contribution in [2.24, 2.45) is 12.5 Å². The number of carbonyl (C=O) groups is 1. The maximum Gasteiger partial charge on any atom is 0.404 e. The number of aromatic nitrogens is 3. The highest BCUT2D eigenvalue weighted by Crippen LogP contribution is 2.32. The summed E-state index contributed by atoms with van der Waals surface area (Å²) >= 11 is 0. The smallest absolute Gasteiger partial charge is 0.404 e. The van der Waals surface area contributed by atoms with Crippen LogP contribution < -0.4 is 11.0 Å². The van der Waals surface area contributed by atoms with E-state index in [4.69, 9.17) is 10.1 Å². The molecule has 142 valence electrons. The summed E-state index contributed by atoms with van der Waals surface area (Å²) in [6, 6.07) is 4.06. The van der Waals surface area contributed by atoms with Crippen LogP contribution in [0.5, 0.6) is 0 Å². The summed E-state index contributed by atoms with van der Waals surface area (Å²) in [5.41, 5.74) is 2.57. The van der Waals surface area contributed by atoms with E-state index >= 15 is 0 Å². The Morgan fingerprint density at radius 1 is 1.27 bits per heavy atom. The van der Waals surface area contributed by atoms with Gasteiger partial charge in [0, 0.05) is 31.2 Å². The Labute approximate surface area is 153 Å². The molecule has 0 saturated heterocycles. The molecule has 0 atom stereocenters. The Kier molecular flexibility index (Phi) is 4.82. The molecule has 1 fully saturated rings. The van der Waals surface area contributed by atoms with Crippen molar-refractivity contribution in [2.75, 3.05) is 0 Å². The lowest BCUT2D eigenvalue weighted by atomic mass is 9.84. The first-order valence-electron chi connectivity index (χ1n) is 9.21. The van der Waals surface area contributed by atoms with Gasteiger partial charge in [0.05, 0.1) is 5.52 Å². The van der Waals surface area contributed by atoms with Gasteiger partial charge in [-0.3, -0.25) is 9.13 Å². The number of nitrogens with zero attached hydrogens (tertiary/aromatic N) is 3. The van der Waals surface area contributed by atoms with E-state index in [1.165, 1.54) is 0 Å². The first-order valence-corrected chi connectivity index (χ1v) is 9.21. The van der Waals surface area contributed by atoms with Crippen molar-refractivity contribution in [3.8, 4) is 0 Å². The maximum atomic E-state index is 12.6. The van der Waals surface area contributed by atoms with E-state index in [1.54, 1.807) is 16.2 Å². The van der Waals surface area contributed by atoms with Gasteiger partial charge in [-0.05, 0) is 43.2 Å². The molecule has 0 aromatic carbocycles. The molecule has 0 aliphatic heterocycles. The van der Waals surface area contributed by atoms with Crippen LogP contribution in [0.2, 0.25) is 0 Å². The van der Waals surface area contributed by atoms with E-state index in [9.17, 15) is 9.59 Å². The first kappa shape index (κ1) is 18.5. The average molecular weight is 360 g/mol. The third-order valence-electron chi connectivity index (χ3n) is 5.11. The lowest BCUT2D eigenvalue weighted by molar-refractivity contribution is 0.185. The molecule has 2 heterocycles. The Morgan fingerprint density at radius 3 is 2.50 bits per heavy atom. The molecule has 7 heteroatoms. The molecule has 1 saturated carbocycles. The zero-order valence-corrected chi connectivity index (χ0v) is 16.0. The number of amides is 1. The molecule has 2 N–H and O–H groups in total. The SMILES string of the molecule is Cn1c(=O)n(CC(C)(C)C)c2ccc(C3CCC(NC(=O)O)CC3)nc21. The molecule has 0 radical (unpaired) electrons. The molecule has 0 bridgehead atoms. The monoisotopic (exact) mass is 360 g/mol. The largest absolute Gasteiger partial charge is 0.465 e. The lowest BCUT2D eigenvalue weighted by Crippen LogP contribution is -2.36. The molecule has 1 aliphatic carbocycles. The molecule has 7 nitrogen and oxygen atoms in total. The van der Waals surface area contributed by atoms with Crippen LogP contribution in [0.1, 0.15) is 58.1 Å². The predicted octanol–water partition coefficient (Wildman–Crippen LogP) is 3.07. The fourth-order valence-corrected chi connectivity index (χ4v) is 3.85. The molecular weight excluding hydrogens is 332 g/mol. The van der Waals surface area contributed by atoms with E-state index < -0.39 is 6.09 Å². The highest BCUT2D eigenvalue weighted by Gasteiger charge is 2.25. The van der Waals surface area contributed by atoms with Gasteiger partial charge in [0.2, 0.25) is 0 Å². The summed E-state index contributed by atoms with van der Waals surface area (Å²) in [6.07, 6.45) is 2.49. The van der Waals surface area contributed by atoms with E-state index in [-0.39, 0.29) is 17.1 Å². The quantitative estimate of drug-likeness (QED) is 0.880. The van der Waals surface area contributed by atoms with Crippen LogP contribution in [-0.2, 0) is 13.6 Å². The Hall–Kier alpha value is -2.31. The van der Waals surface area contributed by atoms with Crippen LogP contribution >= 0.6 is 0 Å². The molecule has 26 heavy (non-hydrogen) atoms. The molecule has 0 unspecified atom stereocenters. The molecule has 0 spiro atoms. The van der Waals surface area contributed by atoms with Gasteiger partial charge in [0.15, 0.2) is 5.65 Å². The van der Waals surface area contributed by atoms with Gasteiger partial charge in [-0.1, -0.05) is 20.8 Å². The summed E-state index contributed by atoms with van der Waals surface area (Å²) in [6.45, 7) is 6.99. The molecule has 1 aliphatic rings. The second-order valence-electron chi connectivity index (χ2n) is 8.57. The first-order chi connectivity index (χ1) is 12.2. The predicted molar refractivity (Wildman–Crippen MR) is 101 cm³/mol. The second kappa shape index (κ2) is 6.78. The minimum Gasteiger partial charge on any atom is -0.465 e. The van der Waals surface area contributed by atoms with Crippen LogP contribution in [0.15, 0.2) is 16.9 Å². The van der Waals surface area contributed by atoms with Gasteiger partial charge < -0.3 is 10.4 Å². The molecule has 2 aromatic heterocycles. The van der Waals surface area contributed by atoms with Gasteiger partial charge >= 0.3 is 11.8 Å². The number of imidazole rings is 1. The lowest BCUT2D eigenvalue weighted by Gasteiger charge is -2.28. The second-order valence-corrected chi connectivity index (χ2v) is 8.57. The summed E-state index contributed by atoms with van der Waals surface area (Å²) in [7, 11) is 1.77. The minimum atomic E-state index is -0.955. The van der Waals surface area contributed by atoms with Crippen LogP contribution in [-0.4, -0.2) is 31.4 Å². The Morgan fingerprint density at radius 2 is 1.92 bits per heavy atom. The number of hydrogen-bond donors (Lipinski definition) is 2. The molecule has 1 amide bonds. The standard InChI is InChI=1S/C19H28N4O3/c1-19(2,3)11-23-15-10-9-14(21-16(15)22(4)18(23)26)12-5-7-13(8-6-12)20-17(24)25/h9-10,12-13,20H,5-8,11H2,1-4H3,(H,24,25). The topological polar surface area (TPSA) is 89.2 Å². The van der Waals surface area contributed by atoms with E-state index in [0.29, 0.717) is 12.5 Å². The van der Waals surface area contributed by atoms with Gasteiger partial charge in [-0.15, -0.1) is 0 Å². The van der Waals surface area contributed by atoms with Crippen LogP contribution in [0.3, 0.4) is 0 Å². The van der Waals surface area contributed by atoms with Gasteiger partial charge in [-0.2, -0.15) is 0 Å². The molecule has 3 rings (SSSR count). The maximum absolute atomic E-state index is 12.6. The van der Waals surface area contributed by atoms with Gasteiger partial charge in [0.25, 0.3) is 0 Å². The zero-order chi connectivity index (χ0) is 19.1. The Bertz CT molecular complexity index is 867. The Balaban J connectivity index is 1.86. The number of rotatable bonds is 3. The normalized spacial score (nSPS) is 21.1. The van der Waals surface area contributed by atoms with Crippen LogP contribution in [0, 0.1) is 5.41 Å². The van der Waals surface area contributed by atoms with Crippen molar-refractivity contribution in [3.05, 3.63) is 28.3 Å². The van der Waals surface area contributed by atoms with Crippen molar-refractivity contribution in [2.45, 2.75) is 65.0 Å². The average Bonchev–Trinajstić information content (AvgIpc) is 2.78. The number of nitrogens with one attached hydrogen (secondary N) is 1. The fraction of sp³-hybridized carbons (Fsp3) is 0.632. The highest BCUT2D eigenvalue weighted by atomic mass is 16.4. The molecule has 2 aromatic rings. The van der Waals surface area contributed by atoms with Crippen molar-refractivity contribution in [3.63, 3.8) is 0 Å². The zero-order valence-electron chi connectivity index (χ0n) is 16.0. The van der Waals surface area contributed by atoms with E-state index in [2.05, 4.69) is 26.1 Å². The van der Waals surface area contributed by atoms with Crippen molar-refractivity contribution < 1.29 is 9.90 Å². The van der Waals surface area contributed by atoms with E-state index in [0.717, 1.165) is 42.5 Å². The summed E-state index contributed by atoms with van der Waals surface area (Å²) in [4.78, 5) is 28.2. The number of aryl methyl sites for hydroxylation is 1. The fourth-order valence-electron chi connectivity index (χ4n) is 3.85. The summed E-state index contributed by atoms with van der Waals surface area (Å²) in [5.74, 6) is 0.312. The number of fused-ring (bicyclic) bond motifs is 1. The number of carboxylic acid groups (broad SMARTS) is 1. The summed E-state index contributed by atoms with van der Waals surface area (Å²) < 4.78 is 3.43. The van der Waals surface area contributed by atoms with Crippen LogP contribution in [0.4, 0.5) is 4.79 Å². The molecular formula is C19H28N4O3. The summed E-state index contributed by atoms with van der Waals surface area (Å²) in [5, 5.41) is 11.4. The highest BCUT2D eigenvalue weighted by molar-refractivity contribution is 5.72. The number of hydrogen-bond acceptors (Lipinski definition) is 3. The third-order valence-corrected chi connectivity index (χ3v) is 5.11. The van der Waals surface area contributed by atoms with Crippen LogP contribution in [0.25, 0.3) is 11.2 Å². The third kappa shape index (κ3) is 3.76. The van der Waals surface area contributed by atoms with Crippen molar-refractivity contribution in [1.82, 2.24) is 19.4 Å². The van der Waals surface area contributed by atoms with Crippen molar-refractivity contribution >= 4 is 17.3 Å². The van der Waals surface area contributed by atoms with Gasteiger partial charge in [-0.25, -0.2) is 14.6 Å². The van der Waals surface area contributed by atoms with E-state index in [1.807, 2.05) is 12.1 Å². The van der Waals surface area contributed by atoms with Crippen molar-refractivity contribution in [1.29, 1.82) is 0 Å². The van der Waals surface area contributed by atoms with Gasteiger partial charge in [0.1, 0.15) is 0 Å².